The number of anilines is 1. The molecule has 0 aliphatic rings. The molecule has 0 fully saturated rings. The number of hydrogen-bond donors (Lipinski definition) is 1. The highest BCUT2D eigenvalue weighted by Crippen LogP contribution is 2.26. The van der Waals surface area contributed by atoms with Crippen LogP contribution in [0.4, 0.5) is 18.9 Å². The van der Waals surface area contributed by atoms with Gasteiger partial charge in [-0.1, -0.05) is 30.3 Å². The molecule has 23 heavy (non-hydrogen) atoms. The number of Topliss-reactive ketones (excluding diaryl/α,β-unsaturated/α-hetero) is 1. The summed E-state index contributed by atoms with van der Waals surface area (Å²) in [5.41, 5.74) is -0.957. The second-order valence-electron chi connectivity index (χ2n) is 5.09. The van der Waals surface area contributed by atoms with E-state index in [-0.39, 0.29) is 0 Å². The van der Waals surface area contributed by atoms with Crippen molar-refractivity contribution in [2.24, 2.45) is 0 Å². The molecule has 0 aliphatic heterocycles. The summed E-state index contributed by atoms with van der Waals surface area (Å²) >= 11 is 0. The van der Waals surface area contributed by atoms with Gasteiger partial charge in [0.05, 0.1) is 11.5 Å². The third-order valence-electron chi connectivity index (χ3n) is 3.48. The van der Waals surface area contributed by atoms with E-state index < -0.39 is 46.3 Å². The lowest BCUT2D eigenvalue weighted by atomic mass is 10.0. The van der Waals surface area contributed by atoms with Gasteiger partial charge in [-0.2, -0.15) is 0 Å². The van der Waals surface area contributed by atoms with Crippen molar-refractivity contribution in [3.05, 3.63) is 65.0 Å². The second-order valence-corrected chi connectivity index (χ2v) is 5.09. The summed E-state index contributed by atoms with van der Waals surface area (Å²) in [6.45, 7) is 2.55. The molecule has 120 valence electrons. The van der Waals surface area contributed by atoms with Gasteiger partial charge in [-0.3, -0.25) is 9.59 Å². The maximum absolute atomic E-state index is 13.9. The molecule has 0 saturated heterocycles. The average molecular weight is 321 g/mol. The van der Waals surface area contributed by atoms with E-state index in [4.69, 9.17) is 0 Å². The van der Waals surface area contributed by atoms with Crippen LogP contribution in [0.2, 0.25) is 0 Å². The molecular weight excluding hydrogens is 307 g/mol. The molecule has 0 heterocycles. The monoisotopic (exact) mass is 321 g/mol. The average Bonchev–Trinajstić information content (AvgIpc) is 2.54. The summed E-state index contributed by atoms with van der Waals surface area (Å²) < 4.78 is 41.6. The molecule has 0 spiro atoms. The number of amides is 1. The van der Waals surface area contributed by atoms with E-state index >= 15 is 0 Å². The van der Waals surface area contributed by atoms with E-state index in [9.17, 15) is 22.8 Å². The molecule has 6 heteroatoms. The van der Waals surface area contributed by atoms with Gasteiger partial charge in [-0.05, 0) is 25.5 Å². The van der Waals surface area contributed by atoms with Crippen LogP contribution < -0.4 is 5.32 Å². The maximum atomic E-state index is 13.9. The zero-order valence-corrected chi connectivity index (χ0v) is 12.5. The van der Waals surface area contributed by atoms with Crippen molar-refractivity contribution in [1.82, 2.24) is 0 Å². The van der Waals surface area contributed by atoms with E-state index in [1.807, 2.05) is 5.32 Å². The molecule has 0 bridgehead atoms. The molecule has 2 aromatic rings. The minimum absolute atomic E-state index is 0.573. The Morgan fingerprint density at radius 3 is 2.22 bits per heavy atom. The van der Waals surface area contributed by atoms with Crippen LogP contribution in [0.15, 0.2) is 36.4 Å². The van der Waals surface area contributed by atoms with E-state index in [0.717, 1.165) is 6.92 Å². The number of nitrogens with one attached hydrogen (secondary N) is 1. The van der Waals surface area contributed by atoms with Gasteiger partial charge in [0.1, 0.15) is 5.69 Å². The zero-order chi connectivity index (χ0) is 17.1. The third-order valence-corrected chi connectivity index (χ3v) is 3.48. The number of ketones is 1. The first-order valence-electron chi connectivity index (χ1n) is 6.87. The van der Waals surface area contributed by atoms with Crippen LogP contribution in [0.3, 0.4) is 0 Å². The minimum atomic E-state index is -1.59. The number of halogens is 3. The fourth-order valence-corrected chi connectivity index (χ4v) is 2.09. The third kappa shape index (κ3) is 3.41. The fourth-order valence-electron chi connectivity index (χ4n) is 2.09. The van der Waals surface area contributed by atoms with Crippen molar-refractivity contribution in [2.45, 2.75) is 19.8 Å². The van der Waals surface area contributed by atoms with Crippen LogP contribution in [0, 0.1) is 17.5 Å². The van der Waals surface area contributed by atoms with Crippen molar-refractivity contribution < 1.29 is 22.8 Å². The Hall–Kier alpha value is -2.63. The van der Waals surface area contributed by atoms with Crippen molar-refractivity contribution in [2.75, 3.05) is 5.32 Å². The molecule has 3 nitrogen and oxygen atoms in total. The summed E-state index contributed by atoms with van der Waals surface area (Å²) in [7, 11) is 0. The Labute approximate surface area is 131 Å². The molecule has 0 radical (unpaired) electrons. The highest BCUT2D eigenvalue weighted by Gasteiger charge is 2.24. The molecular formula is C17H14F3NO2. The molecule has 1 atom stereocenters. The first-order valence-corrected chi connectivity index (χ1v) is 6.87. The molecule has 0 aliphatic carbocycles. The smallest absolute Gasteiger partial charge is 0.231 e. The Balaban J connectivity index is 2.32. The number of carbonyl (C=O) groups excluding carboxylic acids is 2. The summed E-state index contributed by atoms with van der Waals surface area (Å²) in [5, 5.41) is 2.04. The van der Waals surface area contributed by atoms with Gasteiger partial charge in [0, 0.05) is 0 Å². The predicted molar refractivity (Wildman–Crippen MR) is 79.8 cm³/mol. The minimum Gasteiger partial charge on any atom is -0.321 e. The lowest BCUT2D eigenvalue weighted by Gasteiger charge is -2.14. The van der Waals surface area contributed by atoms with E-state index in [0.29, 0.717) is 11.6 Å². The van der Waals surface area contributed by atoms with E-state index in [2.05, 4.69) is 0 Å². The summed E-state index contributed by atoms with van der Waals surface area (Å²) in [6.07, 6.45) is 0. The van der Waals surface area contributed by atoms with Gasteiger partial charge < -0.3 is 5.32 Å². The quantitative estimate of drug-likeness (QED) is 0.682. The summed E-state index contributed by atoms with van der Waals surface area (Å²) in [6, 6.07) is 9.17. The normalized spacial score (nSPS) is 11.9. The first kappa shape index (κ1) is 16.7. The van der Waals surface area contributed by atoms with Crippen molar-refractivity contribution >= 4 is 17.4 Å². The molecule has 0 unspecified atom stereocenters. The van der Waals surface area contributed by atoms with E-state index in [1.165, 1.54) is 0 Å². The number of hydrogen-bond acceptors (Lipinski definition) is 2. The van der Waals surface area contributed by atoms with Gasteiger partial charge in [0.25, 0.3) is 0 Å². The SMILES string of the molecule is CC(=O)c1cc(F)c(NC(=O)[C@@H](C)c2ccccc2)c(F)c1F. The second kappa shape index (κ2) is 6.64. The predicted octanol–water partition coefficient (Wildman–Crippen LogP) is 4.05. The summed E-state index contributed by atoms with van der Waals surface area (Å²) in [4.78, 5) is 23.3. The Bertz CT molecular complexity index is 760. The fraction of sp³-hybridized carbons (Fsp3) is 0.176. The van der Waals surface area contributed by atoms with Crippen LogP contribution in [-0.2, 0) is 4.79 Å². The number of rotatable bonds is 4. The largest absolute Gasteiger partial charge is 0.321 e. The van der Waals surface area contributed by atoms with Gasteiger partial charge in [-0.25, -0.2) is 13.2 Å². The molecule has 1 N–H and O–H groups in total. The Kier molecular flexibility index (Phi) is 4.83. The number of benzene rings is 2. The van der Waals surface area contributed by atoms with Crippen LogP contribution in [0.5, 0.6) is 0 Å². The van der Waals surface area contributed by atoms with Gasteiger partial charge in [0.15, 0.2) is 23.2 Å². The Morgan fingerprint density at radius 2 is 1.65 bits per heavy atom. The lowest BCUT2D eigenvalue weighted by Crippen LogP contribution is -2.21. The Morgan fingerprint density at radius 1 is 1.04 bits per heavy atom. The van der Waals surface area contributed by atoms with Crippen LogP contribution >= 0.6 is 0 Å². The van der Waals surface area contributed by atoms with Gasteiger partial charge in [-0.15, -0.1) is 0 Å². The van der Waals surface area contributed by atoms with Crippen molar-refractivity contribution in [3.8, 4) is 0 Å². The summed E-state index contributed by atoms with van der Waals surface area (Å²) in [5.74, 6) is -6.47. The van der Waals surface area contributed by atoms with Crippen LogP contribution in [-0.4, -0.2) is 11.7 Å². The van der Waals surface area contributed by atoms with Crippen LogP contribution in [0.1, 0.15) is 35.7 Å². The maximum Gasteiger partial charge on any atom is 0.231 e. The molecule has 1 amide bonds. The van der Waals surface area contributed by atoms with Crippen molar-refractivity contribution in [3.63, 3.8) is 0 Å². The topological polar surface area (TPSA) is 46.2 Å². The van der Waals surface area contributed by atoms with Gasteiger partial charge in [0.2, 0.25) is 5.91 Å². The molecule has 2 rings (SSSR count). The van der Waals surface area contributed by atoms with Gasteiger partial charge >= 0.3 is 0 Å². The number of carbonyl (C=O) groups is 2. The molecule has 0 saturated carbocycles. The standard InChI is InChI=1S/C17H14F3NO2/c1-9(11-6-4-3-5-7-11)17(23)21-16-13(18)8-12(10(2)22)14(19)15(16)20/h3-9H,1-2H3,(H,21,23)/t9-/m0/s1. The zero-order valence-electron chi connectivity index (χ0n) is 12.5. The van der Waals surface area contributed by atoms with Crippen LogP contribution in [0.25, 0.3) is 0 Å². The molecule has 2 aromatic carbocycles. The molecule has 0 aromatic heterocycles. The lowest BCUT2D eigenvalue weighted by molar-refractivity contribution is -0.117. The highest BCUT2D eigenvalue weighted by molar-refractivity contribution is 5.98. The first-order chi connectivity index (χ1) is 10.8. The highest BCUT2D eigenvalue weighted by atomic mass is 19.2. The van der Waals surface area contributed by atoms with Crippen molar-refractivity contribution in [1.29, 1.82) is 0 Å². The van der Waals surface area contributed by atoms with E-state index in [1.54, 1.807) is 37.3 Å².